The van der Waals surface area contributed by atoms with Crippen LogP contribution in [0.3, 0.4) is 0 Å². The lowest BCUT2D eigenvalue weighted by Crippen LogP contribution is -1.93. The van der Waals surface area contributed by atoms with Gasteiger partial charge in [-0.2, -0.15) is 10.5 Å². The zero-order valence-electron chi connectivity index (χ0n) is 22.3. The SMILES string of the molecule is N#Cc1ccc2oc3ccc(-c4cccc(-c5cccc6c5sc5ccccc56)c4-c4ccccc4C#N)cc3c2c1. The maximum atomic E-state index is 10.2. The molecule has 0 bridgehead atoms. The van der Waals surface area contributed by atoms with E-state index in [0.29, 0.717) is 11.1 Å². The smallest absolute Gasteiger partial charge is 0.135 e. The summed E-state index contributed by atoms with van der Waals surface area (Å²) in [5, 5.41) is 24.0. The van der Waals surface area contributed by atoms with Gasteiger partial charge in [-0.05, 0) is 64.7 Å². The summed E-state index contributed by atoms with van der Waals surface area (Å²) in [4.78, 5) is 0. The van der Waals surface area contributed by atoms with E-state index >= 15 is 0 Å². The van der Waals surface area contributed by atoms with Crippen molar-refractivity contribution in [2.45, 2.75) is 0 Å². The van der Waals surface area contributed by atoms with Gasteiger partial charge < -0.3 is 4.42 Å². The Morgan fingerprint density at radius 3 is 2.10 bits per heavy atom. The van der Waals surface area contributed by atoms with E-state index < -0.39 is 0 Å². The van der Waals surface area contributed by atoms with Crippen LogP contribution in [0.15, 0.2) is 126 Å². The second-order valence-electron chi connectivity index (χ2n) is 10.3. The van der Waals surface area contributed by atoms with Crippen molar-refractivity contribution in [2.75, 3.05) is 0 Å². The summed E-state index contributed by atoms with van der Waals surface area (Å²) in [7, 11) is 0. The molecule has 0 aliphatic rings. The number of hydrogen-bond acceptors (Lipinski definition) is 4. The molecule has 194 valence electrons. The van der Waals surface area contributed by atoms with Crippen LogP contribution < -0.4 is 0 Å². The number of furan rings is 1. The summed E-state index contributed by atoms with van der Waals surface area (Å²) in [5.74, 6) is 0. The van der Waals surface area contributed by atoms with E-state index in [1.807, 2.05) is 42.5 Å². The predicted octanol–water partition coefficient (Wildman–Crippen LogP) is 10.7. The molecule has 0 fully saturated rings. The van der Waals surface area contributed by atoms with E-state index in [4.69, 9.17) is 4.42 Å². The Morgan fingerprint density at radius 2 is 1.21 bits per heavy atom. The quantitative estimate of drug-likeness (QED) is 0.219. The average Bonchev–Trinajstić information content (AvgIpc) is 3.62. The molecule has 0 saturated carbocycles. The topological polar surface area (TPSA) is 60.7 Å². The maximum absolute atomic E-state index is 10.2. The van der Waals surface area contributed by atoms with Gasteiger partial charge in [0.25, 0.3) is 0 Å². The van der Waals surface area contributed by atoms with E-state index in [0.717, 1.165) is 55.3 Å². The molecule has 3 nitrogen and oxygen atoms in total. The third kappa shape index (κ3) is 3.64. The van der Waals surface area contributed by atoms with Crippen LogP contribution in [0.4, 0.5) is 0 Å². The molecule has 0 aliphatic carbocycles. The monoisotopic (exact) mass is 552 g/mol. The van der Waals surface area contributed by atoms with Crippen LogP contribution in [-0.2, 0) is 0 Å². The number of thiophene rings is 1. The molecular weight excluding hydrogens is 532 g/mol. The second kappa shape index (κ2) is 9.46. The van der Waals surface area contributed by atoms with Crippen LogP contribution in [0, 0.1) is 22.7 Å². The third-order valence-corrected chi connectivity index (χ3v) is 9.20. The zero-order valence-corrected chi connectivity index (χ0v) is 23.1. The molecule has 0 unspecified atom stereocenters. The summed E-state index contributed by atoms with van der Waals surface area (Å²) in [6.45, 7) is 0. The fourth-order valence-electron chi connectivity index (χ4n) is 6.08. The van der Waals surface area contributed by atoms with Crippen LogP contribution in [0.5, 0.6) is 0 Å². The molecule has 0 atom stereocenters. The molecule has 0 radical (unpaired) electrons. The Hall–Kier alpha value is -5.68. The summed E-state index contributed by atoms with van der Waals surface area (Å²) < 4.78 is 8.60. The molecule has 0 saturated heterocycles. The first-order chi connectivity index (χ1) is 20.7. The highest BCUT2D eigenvalue weighted by atomic mass is 32.1. The standard InChI is InChI=1S/C38H20N2OS/c39-21-23-15-17-34-32(19-23)33-20-24(16-18-35(33)41-34)26-10-5-11-29(37(26)27-8-2-1-7-25(27)22-40)31-13-6-12-30-28-9-3-4-14-36(28)42-38(30)31/h1-20H. The van der Waals surface area contributed by atoms with Crippen LogP contribution in [0.25, 0.3) is 75.5 Å². The number of benzene rings is 6. The number of rotatable bonds is 3. The first-order valence-corrected chi connectivity index (χ1v) is 14.4. The molecule has 8 aromatic rings. The molecular formula is C38H20N2OS. The zero-order chi connectivity index (χ0) is 28.2. The van der Waals surface area contributed by atoms with Gasteiger partial charge in [0.1, 0.15) is 11.2 Å². The molecule has 0 aliphatic heterocycles. The molecule has 0 N–H and O–H groups in total. The van der Waals surface area contributed by atoms with Gasteiger partial charge in [-0.1, -0.05) is 78.9 Å². The van der Waals surface area contributed by atoms with E-state index in [1.165, 1.54) is 20.2 Å². The highest BCUT2D eigenvalue weighted by Gasteiger charge is 2.20. The minimum absolute atomic E-state index is 0.595. The average molecular weight is 553 g/mol. The first-order valence-electron chi connectivity index (χ1n) is 13.6. The van der Waals surface area contributed by atoms with Gasteiger partial charge in [-0.25, -0.2) is 0 Å². The largest absolute Gasteiger partial charge is 0.456 e. The van der Waals surface area contributed by atoms with Crippen molar-refractivity contribution in [1.82, 2.24) is 0 Å². The minimum atomic E-state index is 0.595. The van der Waals surface area contributed by atoms with Crippen LogP contribution in [0.2, 0.25) is 0 Å². The van der Waals surface area contributed by atoms with Crippen LogP contribution in [0.1, 0.15) is 11.1 Å². The molecule has 42 heavy (non-hydrogen) atoms. The lowest BCUT2D eigenvalue weighted by Gasteiger charge is -2.18. The second-order valence-corrected chi connectivity index (χ2v) is 11.4. The number of fused-ring (bicyclic) bond motifs is 6. The molecule has 4 heteroatoms. The Balaban J connectivity index is 1.45. The molecule has 6 aromatic carbocycles. The summed E-state index contributed by atoms with van der Waals surface area (Å²) in [6, 6.07) is 45.6. The lowest BCUT2D eigenvalue weighted by molar-refractivity contribution is 0.669. The molecule has 2 heterocycles. The van der Waals surface area contributed by atoms with Crippen LogP contribution in [-0.4, -0.2) is 0 Å². The molecule has 2 aromatic heterocycles. The number of hydrogen-bond donors (Lipinski definition) is 0. The summed E-state index contributed by atoms with van der Waals surface area (Å²) in [6.07, 6.45) is 0. The first kappa shape index (κ1) is 24.1. The van der Waals surface area contributed by atoms with Gasteiger partial charge in [0.15, 0.2) is 0 Å². The fourth-order valence-corrected chi connectivity index (χ4v) is 7.31. The molecule has 8 rings (SSSR count). The van der Waals surface area contributed by atoms with Crippen molar-refractivity contribution in [1.29, 1.82) is 10.5 Å². The van der Waals surface area contributed by atoms with Crippen LogP contribution >= 0.6 is 11.3 Å². The third-order valence-electron chi connectivity index (χ3n) is 7.99. The summed E-state index contributed by atoms with van der Waals surface area (Å²) in [5.41, 5.74) is 8.93. The lowest BCUT2D eigenvalue weighted by atomic mass is 9.85. The number of nitriles is 2. The van der Waals surface area contributed by atoms with Gasteiger partial charge in [0.05, 0.1) is 23.3 Å². The summed E-state index contributed by atoms with van der Waals surface area (Å²) >= 11 is 1.80. The Kier molecular flexibility index (Phi) is 5.44. The maximum Gasteiger partial charge on any atom is 0.135 e. The van der Waals surface area contributed by atoms with E-state index in [1.54, 1.807) is 17.4 Å². The van der Waals surface area contributed by atoms with Crippen molar-refractivity contribution >= 4 is 53.4 Å². The Morgan fingerprint density at radius 1 is 0.524 bits per heavy atom. The van der Waals surface area contributed by atoms with Gasteiger partial charge >= 0.3 is 0 Å². The van der Waals surface area contributed by atoms with Crippen molar-refractivity contribution in [3.05, 3.63) is 132 Å². The normalized spacial score (nSPS) is 11.3. The van der Waals surface area contributed by atoms with Gasteiger partial charge in [-0.15, -0.1) is 11.3 Å². The minimum Gasteiger partial charge on any atom is -0.456 e. The Labute approximate surface area is 245 Å². The molecule has 0 spiro atoms. The highest BCUT2D eigenvalue weighted by molar-refractivity contribution is 7.26. The van der Waals surface area contributed by atoms with Gasteiger partial charge in [0, 0.05) is 42.1 Å². The highest BCUT2D eigenvalue weighted by Crippen LogP contribution is 2.46. The van der Waals surface area contributed by atoms with Crippen molar-refractivity contribution in [3.8, 4) is 45.5 Å². The van der Waals surface area contributed by atoms with Crippen molar-refractivity contribution < 1.29 is 4.42 Å². The van der Waals surface area contributed by atoms with Gasteiger partial charge in [0.2, 0.25) is 0 Å². The fraction of sp³-hybridized carbons (Fsp3) is 0. The number of nitrogens with zero attached hydrogens (tertiary/aromatic N) is 2. The van der Waals surface area contributed by atoms with E-state index in [-0.39, 0.29) is 0 Å². The van der Waals surface area contributed by atoms with E-state index in [2.05, 4.69) is 84.9 Å². The van der Waals surface area contributed by atoms with Gasteiger partial charge in [-0.3, -0.25) is 0 Å². The predicted molar refractivity (Wildman–Crippen MR) is 172 cm³/mol. The molecule has 0 amide bonds. The van der Waals surface area contributed by atoms with E-state index in [9.17, 15) is 10.5 Å². The van der Waals surface area contributed by atoms with Crippen molar-refractivity contribution in [3.63, 3.8) is 0 Å². The Bertz CT molecular complexity index is 2450. The van der Waals surface area contributed by atoms with Crippen molar-refractivity contribution in [2.24, 2.45) is 0 Å².